The van der Waals surface area contributed by atoms with Gasteiger partial charge in [-0.1, -0.05) is 26.3 Å². The third kappa shape index (κ3) is 2.61. The van der Waals surface area contributed by atoms with Crippen LogP contribution in [0.4, 0.5) is 0 Å². The third-order valence-corrected chi connectivity index (χ3v) is 3.51. The summed E-state index contributed by atoms with van der Waals surface area (Å²) in [5, 5.41) is 8.80. The highest BCUT2D eigenvalue weighted by atomic mass is 14.3. The second kappa shape index (κ2) is 4.17. The lowest BCUT2D eigenvalue weighted by atomic mass is 9.71. The Bertz CT molecular complexity index is 263. The molecule has 1 heteroatoms. The molecule has 0 amide bonds. The summed E-state index contributed by atoms with van der Waals surface area (Å²) in [6.45, 7) is 8.92. The van der Waals surface area contributed by atoms with Crippen molar-refractivity contribution >= 4 is 0 Å². The van der Waals surface area contributed by atoms with Crippen LogP contribution in [0.3, 0.4) is 0 Å². The fraction of sp³-hybridized carbons (Fsp3) is 0.769. The monoisotopic (exact) mass is 191 g/mol. The summed E-state index contributed by atoms with van der Waals surface area (Å²) in [5.41, 5.74) is 2.79. The van der Waals surface area contributed by atoms with E-state index in [1.807, 2.05) is 6.92 Å². The van der Waals surface area contributed by atoms with Gasteiger partial charge in [0.05, 0.1) is 6.07 Å². The van der Waals surface area contributed by atoms with Gasteiger partial charge in [-0.15, -0.1) is 0 Å². The number of nitrogens with zero attached hydrogens (tertiary/aromatic N) is 1. The first-order chi connectivity index (χ1) is 6.45. The van der Waals surface area contributed by atoms with Crippen molar-refractivity contribution < 1.29 is 0 Å². The lowest BCUT2D eigenvalue weighted by Crippen LogP contribution is -2.23. The van der Waals surface area contributed by atoms with E-state index >= 15 is 0 Å². The molecule has 0 aromatic rings. The highest BCUT2D eigenvalue weighted by Gasteiger charge is 2.27. The summed E-state index contributed by atoms with van der Waals surface area (Å²) in [6.07, 6.45) is 4.80. The zero-order chi connectivity index (χ0) is 10.8. The van der Waals surface area contributed by atoms with Crippen LogP contribution in [0.5, 0.6) is 0 Å². The van der Waals surface area contributed by atoms with E-state index < -0.39 is 0 Å². The van der Waals surface area contributed by atoms with E-state index in [0.29, 0.717) is 5.41 Å². The van der Waals surface area contributed by atoms with Crippen LogP contribution in [-0.2, 0) is 0 Å². The quantitative estimate of drug-likeness (QED) is 0.530. The topological polar surface area (TPSA) is 23.8 Å². The smallest absolute Gasteiger partial charge is 0.0943 e. The molecule has 0 atom stereocenters. The predicted octanol–water partition coefficient (Wildman–Crippen LogP) is 4.06. The molecular formula is C13H21N. The van der Waals surface area contributed by atoms with E-state index in [4.69, 9.17) is 5.26 Å². The van der Waals surface area contributed by atoms with E-state index in [2.05, 4.69) is 26.8 Å². The van der Waals surface area contributed by atoms with Gasteiger partial charge in [-0.2, -0.15) is 5.26 Å². The molecule has 0 unspecified atom stereocenters. The average molecular weight is 191 g/mol. The van der Waals surface area contributed by atoms with Crippen LogP contribution < -0.4 is 0 Å². The molecule has 0 saturated heterocycles. The molecule has 0 radical (unpaired) electrons. The van der Waals surface area contributed by atoms with Crippen LogP contribution in [0.25, 0.3) is 0 Å². The number of hydrogen-bond acceptors (Lipinski definition) is 1. The number of allylic oxidation sites excluding steroid dienone is 2. The Morgan fingerprint density at radius 3 is 2.14 bits per heavy atom. The van der Waals surface area contributed by atoms with Crippen LogP contribution in [0.15, 0.2) is 11.1 Å². The Hall–Kier alpha value is -0.770. The van der Waals surface area contributed by atoms with Gasteiger partial charge in [0, 0.05) is 5.57 Å². The molecule has 1 aliphatic rings. The summed E-state index contributed by atoms with van der Waals surface area (Å²) in [5.74, 6) is 0.831. The fourth-order valence-electron chi connectivity index (χ4n) is 2.29. The van der Waals surface area contributed by atoms with Crippen LogP contribution in [0.2, 0.25) is 0 Å². The van der Waals surface area contributed by atoms with Crippen LogP contribution in [-0.4, -0.2) is 0 Å². The molecule has 78 valence electrons. The standard InChI is InChI=1S/C13H21N/c1-10(9-14)11-5-7-12(8-6-11)13(2,3)4/h12H,5-8H2,1-4H3. The van der Waals surface area contributed by atoms with Gasteiger partial charge >= 0.3 is 0 Å². The molecule has 0 bridgehead atoms. The Balaban J connectivity index is 2.60. The molecule has 1 rings (SSSR count). The van der Waals surface area contributed by atoms with Crippen molar-refractivity contribution in [3.05, 3.63) is 11.1 Å². The van der Waals surface area contributed by atoms with Gasteiger partial charge < -0.3 is 0 Å². The van der Waals surface area contributed by atoms with Gasteiger partial charge in [0.15, 0.2) is 0 Å². The Morgan fingerprint density at radius 1 is 1.29 bits per heavy atom. The van der Waals surface area contributed by atoms with E-state index in [1.165, 1.54) is 18.4 Å². The molecule has 0 N–H and O–H groups in total. The largest absolute Gasteiger partial charge is 0.193 e. The molecule has 1 aliphatic carbocycles. The first kappa shape index (κ1) is 11.3. The first-order valence-electron chi connectivity index (χ1n) is 5.54. The molecule has 0 aliphatic heterocycles. The molecular weight excluding hydrogens is 170 g/mol. The SMILES string of the molecule is CC(C#N)=C1CCC(C(C)(C)C)CC1. The summed E-state index contributed by atoms with van der Waals surface area (Å²) in [4.78, 5) is 0. The van der Waals surface area contributed by atoms with Crippen LogP contribution in [0, 0.1) is 22.7 Å². The Kier molecular flexibility index (Phi) is 3.37. The van der Waals surface area contributed by atoms with E-state index in [-0.39, 0.29) is 0 Å². The fourth-order valence-corrected chi connectivity index (χ4v) is 2.29. The lowest BCUT2D eigenvalue weighted by Gasteiger charge is -2.35. The van der Waals surface area contributed by atoms with Crippen molar-refractivity contribution in [2.75, 3.05) is 0 Å². The second-order valence-electron chi connectivity index (χ2n) is 5.48. The van der Waals surface area contributed by atoms with Gasteiger partial charge in [-0.05, 0) is 43.9 Å². The third-order valence-electron chi connectivity index (χ3n) is 3.51. The maximum absolute atomic E-state index is 8.80. The average Bonchev–Trinajstić information content (AvgIpc) is 2.15. The summed E-state index contributed by atoms with van der Waals surface area (Å²) < 4.78 is 0. The molecule has 14 heavy (non-hydrogen) atoms. The van der Waals surface area contributed by atoms with Gasteiger partial charge in [0.1, 0.15) is 0 Å². The Labute approximate surface area is 87.8 Å². The first-order valence-corrected chi connectivity index (χ1v) is 5.54. The van der Waals surface area contributed by atoms with Crippen molar-refractivity contribution in [3.8, 4) is 6.07 Å². The summed E-state index contributed by atoms with van der Waals surface area (Å²) in [7, 11) is 0. The number of nitriles is 1. The van der Waals surface area contributed by atoms with Gasteiger partial charge in [-0.25, -0.2) is 0 Å². The van der Waals surface area contributed by atoms with Crippen molar-refractivity contribution in [1.82, 2.24) is 0 Å². The van der Waals surface area contributed by atoms with Crippen molar-refractivity contribution in [3.63, 3.8) is 0 Å². The van der Waals surface area contributed by atoms with Crippen LogP contribution in [0.1, 0.15) is 53.4 Å². The minimum Gasteiger partial charge on any atom is -0.193 e. The maximum atomic E-state index is 8.80. The maximum Gasteiger partial charge on any atom is 0.0943 e. The van der Waals surface area contributed by atoms with Gasteiger partial charge in [0.25, 0.3) is 0 Å². The zero-order valence-electron chi connectivity index (χ0n) is 9.85. The molecule has 0 aromatic heterocycles. The molecule has 1 saturated carbocycles. The number of hydrogen-bond donors (Lipinski definition) is 0. The minimum absolute atomic E-state index is 0.437. The van der Waals surface area contributed by atoms with Crippen molar-refractivity contribution in [2.24, 2.45) is 11.3 Å². The van der Waals surface area contributed by atoms with Crippen LogP contribution >= 0.6 is 0 Å². The predicted molar refractivity (Wildman–Crippen MR) is 59.7 cm³/mol. The second-order valence-corrected chi connectivity index (χ2v) is 5.48. The highest BCUT2D eigenvalue weighted by Crippen LogP contribution is 2.40. The Morgan fingerprint density at radius 2 is 1.79 bits per heavy atom. The normalized spacial score (nSPS) is 23.1. The van der Waals surface area contributed by atoms with E-state index in [1.54, 1.807) is 0 Å². The zero-order valence-corrected chi connectivity index (χ0v) is 9.85. The summed E-state index contributed by atoms with van der Waals surface area (Å²) >= 11 is 0. The summed E-state index contributed by atoms with van der Waals surface area (Å²) in [6, 6.07) is 2.27. The van der Waals surface area contributed by atoms with E-state index in [0.717, 1.165) is 24.3 Å². The van der Waals surface area contributed by atoms with E-state index in [9.17, 15) is 0 Å². The molecule has 0 spiro atoms. The minimum atomic E-state index is 0.437. The lowest BCUT2D eigenvalue weighted by molar-refractivity contribution is 0.197. The van der Waals surface area contributed by atoms with Gasteiger partial charge in [0.2, 0.25) is 0 Å². The van der Waals surface area contributed by atoms with Crippen molar-refractivity contribution in [1.29, 1.82) is 5.26 Å². The molecule has 0 heterocycles. The molecule has 0 aromatic carbocycles. The molecule has 1 fully saturated rings. The van der Waals surface area contributed by atoms with Crippen molar-refractivity contribution in [2.45, 2.75) is 53.4 Å². The number of rotatable bonds is 0. The van der Waals surface area contributed by atoms with Gasteiger partial charge in [-0.3, -0.25) is 0 Å². The highest BCUT2D eigenvalue weighted by molar-refractivity contribution is 5.26. The molecule has 1 nitrogen and oxygen atoms in total.